The van der Waals surface area contributed by atoms with E-state index in [1.165, 1.54) is 0 Å². The molecule has 0 amide bonds. The first-order chi connectivity index (χ1) is 18.1. The van der Waals surface area contributed by atoms with Gasteiger partial charge in [-0.2, -0.15) is 5.10 Å². The van der Waals surface area contributed by atoms with E-state index in [9.17, 15) is 0 Å². The van der Waals surface area contributed by atoms with Crippen molar-refractivity contribution in [2.45, 2.75) is 32.2 Å². The van der Waals surface area contributed by atoms with Crippen LogP contribution in [0.1, 0.15) is 35.7 Å². The first-order valence-corrected chi connectivity index (χ1v) is 12.4. The normalized spacial score (nSPS) is 13.4. The van der Waals surface area contributed by atoms with E-state index in [-0.39, 0.29) is 0 Å². The lowest BCUT2D eigenvalue weighted by atomic mass is 10.1. The Morgan fingerprint density at radius 2 is 1.84 bits per heavy atom. The molecule has 4 aromatic heterocycles. The quantitative estimate of drug-likeness (QED) is 0.283. The molecule has 0 radical (unpaired) electrons. The van der Waals surface area contributed by atoms with Gasteiger partial charge in [-0.25, -0.2) is 29.6 Å². The summed E-state index contributed by atoms with van der Waals surface area (Å²) in [6, 6.07) is 8.39. The minimum absolute atomic E-state index is 0.382. The Balaban J connectivity index is 1.32. The zero-order valence-corrected chi connectivity index (χ0v) is 21.1. The predicted octanol–water partition coefficient (Wildman–Crippen LogP) is 3.94. The first-order valence-electron chi connectivity index (χ1n) is 12.4. The van der Waals surface area contributed by atoms with Crippen molar-refractivity contribution in [3.63, 3.8) is 0 Å². The Morgan fingerprint density at radius 3 is 2.57 bits per heavy atom. The van der Waals surface area contributed by atoms with Crippen LogP contribution in [0.15, 0.2) is 49.2 Å². The number of imidazole rings is 1. The number of methoxy groups -OCH3 is 1. The molecule has 10 heteroatoms. The lowest BCUT2D eigenvalue weighted by Gasteiger charge is -2.13. The van der Waals surface area contributed by atoms with E-state index in [1.54, 1.807) is 25.8 Å². The Kier molecular flexibility index (Phi) is 6.09. The van der Waals surface area contributed by atoms with Crippen LogP contribution in [0.2, 0.25) is 0 Å². The van der Waals surface area contributed by atoms with Crippen LogP contribution < -0.4 is 4.74 Å². The van der Waals surface area contributed by atoms with Gasteiger partial charge in [0.25, 0.3) is 0 Å². The number of ether oxygens (including phenoxy) is 2. The van der Waals surface area contributed by atoms with Gasteiger partial charge in [0.05, 0.1) is 36.1 Å². The third-order valence-corrected chi connectivity index (χ3v) is 6.47. The van der Waals surface area contributed by atoms with E-state index < -0.39 is 0 Å². The molecule has 0 spiro atoms. The van der Waals surface area contributed by atoms with Crippen molar-refractivity contribution >= 4 is 11.0 Å². The van der Waals surface area contributed by atoms with Crippen molar-refractivity contribution in [3.05, 3.63) is 66.1 Å². The lowest BCUT2D eigenvalue weighted by Crippen LogP contribution is -2.09. The van der Waals surface area contributed by atoms with Gasteiger partial charge < -0.3 is 14.0 Å². The van der Waals surface area contributed by atoms with E-state index in [0.717, 1.165) is 57.8 Å². The van der Waals surface area contributed by atoms with Gasteiger partial charge in [0.2, 0.25) is 5.88 Å². The van der Waals surface area contributed by atoms with Gasteiger partial charge in [-0.1, -0.05) is 24.3 Å². The minimum Gasteiger partial charge on any atom is -0.475 e. The lowest BCUT2D eigenvalue weighted by molar-refractivity contribution is 0.144. The van der Waals surface area contributed by atoms with Gasteiger partial charge in [-0.05, 0) is 25.3 Å². The number of rotatable bonds is 9. The van der Waals surface area contributed by atoms with Gasteiger partial charge >= 0.3 is 0 Å². The second kappa shape index (κ2) is 9.70. The summed E-state index contributed by atoms with van der Waals surface area (Å²) >= 11 is 0. The Bertz CT molecular complexity index is 1550. The molecule has 5 aromatic rings. The van der Waals surface area contributed by atoms with Gasteiger partial charge in [-0.3, -0.25) is 0 Å². The van der Waals surface area contributed by atoms with E-state index in [2.05, 4.69) is 49.3 Å². The smallest absolute Gasteiger partial charge is 0.228 e. The molecular weight excluding hydrogens is 468 g/mol. The number of fused-ring (bicyclic) bond motifs is 1. The number of benzene rings is 1. The van der Waals surface area contributed by atoms with Crippen molar-refractivity contribution in [1.29, 1.82) is 0 Å². The highest BCUT2D eigenvalue weighted by Gasteiger charge is 2.31. The molecule has 0 saturated heterocycles. The van der Waals surface area contributed by atoms with Crippen LogP contribution in [0.4, 0.5) is 0 Å². The largest absolute Gasteiger partial charge is 0.475 e. The summed E-state index contributed by atoms with van der Waals surface area (Å²) in [6.45, 7) is 3.44. The highest BCUT2D eigenvalue weighted by molar-refractivity contribution is 5.77. The van der Waals surface area contributed by atoms with Crippen LogP contribution >= 0.6 is 0 Å². The molecule has 188 valence electrons. The summed E-state index contributed by atoms with van der Waals surface area (Å²) in [7, 11) is 3.65. The topological polar surface area (TPSA) is 106 Å². The summed E-state index contributed by atoms with van der Waals surface area (Å²) in [5.74, 6) is 2.36. The maximum atomic E-state index is 5.94. The van der Waals surface area contributed by atoms with E-state index in [4.69, 9.17) is 14.5 Å². The fourth-order valence-corrected chi connectivity index (χ4v) is 4.51. The highest BCUT2D eigenvalue weighted by atomic mass is 16.5. The molecular formula is C27H28N8O2. The van der Waals surface area contributed by atoms with Crippen LogP contribution in [-0.4, -0.2) is 59.6 Å². The van der Waals surface area contributed by atoms with Gasteiger partial charge in [0, 0.05) is 38.0 Å². The zero-order valence-electron chi connectivity index (χ0n) is 21.1. The molecule has 6 rings (SSSR count). The number of hydrogen-bond donors (Lipinski definition) is 0. The Morgan fingerprint density at radius 1 is 1.00 bits per heavy atom. The SMILES string of the molecule is COCCOc1ncnc(C2CC2)c1-c1ncc2cnn(Cc3ccc(-c4nc(C)cn4C)cc3)c2n1. The average molecular weight is 497 g/mol. The number of nitrogens with zero attached hydrogens (tertiary/aromatic N) is 8. The second-order valence-corrected chi connectivity index (χ2v) is 9.34. The zero-order chi connectivity index (χ0) is 25.4. The van der Waals surface area contributed by atoms with Crippen LogP contribution in [0, 0.1) is 6.92 Å². The van der Waals surface area contributed by atoms with E-state index in [0.29, 0.717) is 37.4 Å². The van der Waals surface area contributed by atoms with Crippen LogP contribution in [0.5, 0.6) is 5.88 Å². The monoisotopic (exact) mass is 496 g/mol. The minimum atomic E-state index is 0.382. The third kappa shape index (κ3) is 4.67. The number of aromatic nitrogens is 8. The molecule has 0 N–H and O–H groups in total. The number of aryl methyl sites for hydroxylation is 2. The molecule has 1 aliphatic rings. The van der Waals surface area contributed by atoms with Crippen molar-refractivity contribution in [1.82, 2.24) is 39.3 Å². The molecule has 1 saturated carbocycles. The summed E-state index contributed by atoms with van der Waals surface area (Å²) in [6.07, 6.45) is 9.36. The van der Waals surface area contributed by atoms with Crippen molar-refractivity contribution in [2.24, 2.45) is 7.05 Å². The molecule has 0 unspecified atom stereocenters. The van der Waals surface area contributed by atoms with E-state index >= 15 is 0 Å². The Labute approximate surface area is 214 Å². The molecule has 1 fully saturated rings. The summed E-state index contributed by atoms with van der Waals surface area (Å²) in [4.78, 5) is 23.2. The molecule has 4 heterocycles. The van der Waals surface area contributed by atoms with Crippen LogP contribution in [0.3, 0.4) is 0 Å². The summed E-state index contributed by atoms with van der Waals surface area (Å²) in [5, 5.41) is 5.47. The molecule has 1 aliphatic carbocycles. The standard InChI is InChI=1S/C27H28N8O2/c1-17-14-34(2)25(32-17)20-6-4-18(5-7-20)15-35-26-21(13-31-35)12-28-24(33-26)22-23(19-8-9-19)29-16-30-27(22)37-11-10-36-3/h4-7,12-14,16,19H,8-11,15H2,1-3H3. The summed E-state index contributed by atoms with van der Waals surface area (Å²) in [5.41, 5.74) is 5.64. The fraction of sp³-hybridized carbons (Fsp3) is 0.333. The predicted molar refractivity (Wildman–Crippen MR) is 138 cm³/mol. The average Bonchev–Trinajstić information content (AvgIpc) is 3.60. The molecule has 0 bridgehead atoms. The molecule has 37 heavy (non-hydrogen) atoms. The van der Waals surface area contributed by atoms with Gasteiger partial charge in [0.15, 0.2) is 11.5 Å². The first kappa shape index (κ1) is 23.2. The van der Waals surface area contributed by atoms with Crippen LogP contribution in [-0.2, 0) is 18.3 Å². The maximum Gasteiger partial charge on any atom is 0.228 e. The second-order valence-electron chi connectivity index (χ2n) is 9.34. The van der Waals surface area contributed by atoms with E-state index in [1.807, 2.05) is 29.4 Å². The Hall–Kier alpha value is -4.18. The molecule has 0 aliphatic heterocycles. The van der Waals surface area contributed by atoms with Crippen molar-refractivity contribution in [2.75, 3.05) is 20.3 Å². The number of hydrogen-bond acceptors (Lipinski definition) is 8. The molecule has 10 nitrogen and oxygen atoms in total. The fourth-order valence-electron chi connectivity index (χ4n) is 4.51. The highest BCUT2D eigenvalue weighted by Crippen LogP contribution is 2.45. The molecule has 0 atom stereocenters. The van der Waals surface area contributed by atoms with Crippen LogP contribution in [0.25, 0.3) is 33.8 Å². The van der Waals surface area contributed by atoms with Gasteiger partial charge in [0.1, 0.15) is 24.3 Å². The molecule has 1 aromatic carbocycles. The summed E-state index contributed by atoms with van der Waals surface area (Å²) < 4.78 is 15.0. The maximum absolute atomic E-state index is 5.94. The van der Waals surface area contributed by atoms with Gasteiger partial charge in [-0.15, -0.1) is 0 Å². The van der Waals surface area contributed by atoms with Crippen molar-refractivity contribution < 1.29 is 9.47 Å². The third-order valence-electron chi connectivity index (χ3n) is 6.47. The van der Waals surface area contributed by atoms with Crippen molar-refractivity contribution in [3.8, 4) is 28.7 Å².